The zero-order valence-corrected chi connectivity index (χ0v) is 13.9. The quantitative estimate of drug-likeness (QED) is 0.721. The number of hydrogen-bond acceptors (Lipinski definition) is 5. The van der Waals surface area contributed by atoms with Gasteiger partial charge < -0.3 is 14.6 Å². The van der Waals surface area contributed by atoms with Gasteiger partial charge in [0.05, 0.1) is 0 Å². The van der Waals surface area contributed by atoms with Crippen molar-refractivity contribution in [2.24, 2.45) is 0 Å². The molecule has 1 aliphatic heterocycles. The first kappa shape index (κ1) is 15.4. The Morgan fingerprint density at radius 3 is 2.75 bits per heavy atom. The van der Waals surface area contributed by atoms with Crippen LogP contribution >= 0.6 is 0 Å². The van der Waals surface area contributed by atoms with Crippen LogP contribution in [0, 0.1) is 0 Å². The molecule has 0 unspecified atom stereocenters. The highest BCUT2D eigenvalue weighted by atomic mass is 32.3. The Morgan fingerprint density at radius 1 is 1.21 bits per heavy atom. The molecule has 2 aliphatic rings. The molecule has 1 aliphatic carbocycles. The lowest BCUT2D eigenvalue weighted by Crippen LogP contribution is -2.48. The number of nitrogens with one attached hydrogen (secondary N) is 1. The third-order valence-corrected chi connectivity index (χ3v) is 5.24. The summed E-state index contributed by atoms with van der Waals surface area (Å²) >= 11 is 0. The normalized spacial score (nSPS) is 21.8. The van der Waals surface area contributed by atoms with Crippen LogP contribution in [0.3, 0.4) is 0 Å². The zero-order chi connectivity index (χ0) is 17.1. The summed E-state index contributed by atoms with van der Waals surface area (Å²) in [6, 6.07) is 9.03. The van der Waals surface area contributed by atoms with Crippen LogP contribution in [-0.2, 0) is 28.8 Å². The molecule has 0 fully saturated rings. The van der Waals surface area contributed by atoms with Crippen LogP contribution in [0.5, 0.6) is 11.5 Å². The second kappa shape index (κ2) is 4.95. The minimum absolute atomic E-state index is 0.227. The molecule has 0 saturated carbocycles. The van der Waals surface area contributed by atoms with E-state index in [1.54, 1.807) is 6.07 Å². The van der Waals surface area contributed by atoms with Crippen molar-refractivity contribution in [1.82, 2.24) is 5.32 Å². The number of benzene rings is 2. The Balaban J connectivity index is 1.98. The molecule has 2 aromatic rings. The van der Waals surface area contributed by atoms with Gasteiger partial charge in [-0.05, 0) is 48.1 Å². The summed E-state index contributed by atoms with van der Waals surface area (Å²) in [5.41, 5.74) is 4.45. The molecule has 1 heterocycles. The Hall–Kier alpha value is -2.09. The highest BCUT2D eigenvalue weighted by Crippen LogP contribution is 2.50. The summed E-state index contributed by atoms with van der Waals surface area (Å²) in [6.45, 7) is 3.02. The molecule has 7 heteroatoms. The van der Waals surface area contributed by atoms with E-state index in [0.717, 1.165) is 29.7 Å². The number of phenolic OH excluding ortho intramolecular Hbond substituents is 1. The average molecular weight is 347 g/mol. The number of aromatic hydroxyl groups is 1. The SMILES string of the molecule is C[C@@]12Cc3ccc(OS(=O)(=O)O)c(O)c3-c3cccc(c31)CCN2. The molecule has 1 atom stereocenters. The van der Waals surface area contributed by atoms with Gasteiger partial charge in [-0.2, -0.15) is 8.42 Å². The first-order valence-electron chi connectivity index (χ1n) is 7.68. The molecular formula is C17H17NO5S. The van der Waals surface area contributed by atoms with Gasteiger partial charge in [0.2, 0.25) is 0 Å². The maximum atomic E-state index is 11.0. The molecule has 3 N–H and O–H groups in total. The molecule has 0 amide bonds. The van der Waals surface area contributed by atoms with Gasteiger partial charge in [0, 0.05) is 17.6 Å². The van der Waals surface area contributed by atoms with Crippen LogP contribution in [0.1, 0.15) is 23.6 Å². The minimum atomic E-state index is -4.70. The molecule has 6 nitrogen and oxygen atoms in total. The summed E-state index contributed by atoms with van der Waals surface area (Å²) in [7, 11) is -4.70. The molecule has 0 radical (unpaired) electrons. The summed E-state index contributed by atoms with van der Waals surface area (Å²) in [5.74, 6) is -0.549. The first-order chi connectivity index (χ1) is 11.3. The Labute approximate surface area is 140 Å². The molecule has 24 heavy (non-hydrogen) atoms. The minimum Gasteiger partial charge on any atom is -0.504 e. The van der Waals surface area contributed by atoms with Crippen molar-refractivity contribution in [2.45, 2.75) is 25.3 Å². The Bertz CT molecular complexity index is 954. The van der Waals surface area contributed by atoms with Crippen LogP contribution in [0.4, 0.5) is 0 Å². The van der Waals surface area contributed by atoms with Crippen molar-refractivity contribution >= 4 is 10.4 Å². The van der Waals surface area contributed by atoms with E-state index in [1.165, 1.54) is 11.6 Å². The molecule has 0 saturated heterocycles. The van der Waals surface area contributed by atoms with Gasteiger partial charge in [0.15, 0.2) is 11.5 Å². The van der Waals surface area contributed by atoms with E-state index in [1.807, 2.05) is 12.1 Å². The Kier molecular flexibility index (Phi) is 3.19. The van der Waals surface area contributed by atoms with Crippen LogP contribution in [0.25, 0.3) is 11.1 Å². The molecular weight excluding hydrogens is 330 g/mol. The topological polar surface area (TPSA) is 95.9 Å². The van der Waals surface area contributed by atoms with E-state index in [4.69, 9.17) is 4.55 Å². The highest BCUT2D eigenvalue weighted by Gasteiger charge is 2.39. The fourth-order valence-electron chi connectivity index (χ4n) is 4.00. The van der Waals surface area contributed by atoms with Crippen LogP contribution in [0.2, 0.25) is 0 Å². The van der Waals surface area contributed by atoms with E-state index in [9.17, 15) is 13.5 Å². The molecule has 0 aromatic heterocycles. The maximum absolute atomic E-state index is 11.0. The van der Waals surface area contributed by atoms with Gasteiger partial charge >= 0.3 is 10.4 Å². The molecule has 2 aromatic carbocycles. The highest BCUT2D eigenvalue weighted by molar-refractivity contribution is 7.81. The van der Waals surface area contributed by atoms with Gasteiger partial charge in [-0.1, -0.05) is 24.3 Å². The van der Waals surface area contributed by atoms with Crippen LogP contribution in [-0.4, -0.2) is 24.6 Å². The van der Waals surface area contributed by atoms with Crippen molar-refractivity contribution < 1.29 is 22.3 Å². The lowest BCUT2D eigenvalue weighted by molar-refractivity contribution is 0.339. The van der Waals surface area contributed by atoms with Gasteiger partial charge in [-0.3, -0.25) is 4.55 Å². The van der Waals surface area contributed by atoms with E-state index in [2.05, 4.69) is 22.5 Å². The summed E-state index contributed by atoms with van der Waals surface area (Å²) in [6.07, 6.45) is 1.57. The predicted molar refractivity (Wildman–Crippen MR) is 88.5 cm³/mol. The summed E-state index contributed by atoms with van der Waals surface area (Å²) in [5, 5.41) is 14.1. The van der Waals surface area contributed by atoms with E-state index < -0.39 is 10.4 Å². The van der Waals surface area contributed by atoms with Gasteiger partial charge in [0.1, 0.15) is 0 Å². The zero-order valence-electron chi connectivity index (χ0n) is 13.0. The molecule has 0 bridgehead atoms. The van der Waals surface area contributed by atoms with E-state index in [0.29, 0.717) is 12.0 Å². The van der Waals surface area contributed by atoms with Gasteiger partial charge in [0.25, 0.3) is 0 Å². The molecule has 4 rings (SSSR count). The van der Waals surface area contributed by atoms with Crippen LogP contribution in [0.15, 0.2) is 30.3 Å². The van der Waals surface area contributed by atoms with Crippen molar-refractivity contribution in [1.29, 1.82) is 0 Å². The van der Waals surface area contributed by atoms with Crippen LogP contribution < -0.4 is 9.50 Å². The van der Waals surface area contributed by atoms with Crippen molar-refractivity contribution in [3.8, 4) is 22.6 Å². The maximum Gasteiger partial charge on any atom is 0.446 e. The average Bonchev–Trinajstić information content (AvgIpc) is 2.49. The van der Waals surface area contributed by atoms with Crippen molar-refractivity contribution in [3.05, 3.63) is 47.0 Å². The van der Waals surface area contributed by atoms with E-state index in [-0.39, 0.29) is 17.0 Å². The largest absolute Gasteiger partial charge is 0.504 e. The third kappa shape index (κ3) is 2.28. The fraction of sp³-hybridized carbons (Fsp3) is 0.294. The second-order valence-corrected chi connectivity index (χ2v) is 7.50. The second-order valence-electron chi connectivity index (χ2n) is 6.48. The monoisotopic (exact) mass is 347 g/mol. The Morgan fingerprint density at radius 2 is 2.00 bits per heavy atom. The lowest BCUT2D eigenvalue weighted by Gasteiger charge is -2.43. The third-order valence-electron chi connectivity index (χ3n) is 4.85. The van der Waals surface area contributed by atoms with Gasteiger partial charge in [-0.25, -0.2) is 0 Å². The number of fused-ring (bicyclic) bond motifs is 2. The number of rotatable bonds is 2. The smallest absolute Gasteiger partial charge is 0.446 e. The molecule has 126 valence electrons. The fourth-order valence-corrected chi connectivity index (χ4v) is 4.37. The van der Waals surface area contributed by atoms with Gasteiger partial charge in [-0.15, -0.1) is 0 Å². The summed E-state index contributed by atoms with van der Waals surface area (Å²) < 4.78 is 35.4. The lowest BCUT2D eigenvalue weighted by atomic mass is 9.70. The van der Waals surface area contributed by atoms with Crippen molar-refractivity contribution in [2.75, 3.05) is 6.54 Å². The number of phenols is 1. The first-order valence-corrected chi connectivity index (χ1v) is 9.04. The number of hydrogen-bond donors (Lipinski definition) is 3. The standard InChI is InChI=1S/C17H17NO5S/c1-17-9-11-5-6-13(23-24(20,21)22)16(19)14(11)12-4-2-3-10(15(12)17)7-8-18-17/h2-6,18-19H,7-9H2,1H3,(H,20,21,22)/t17-/m1/s1. The summed E-state index contributed by atoms with van der Waals surface area (Å²) in [4.78, 5) is 0. The predicted octanol–water partition coefficient (Wildman–Crippen LogP) is 2.16. The van der Waals surface area contributed by atoms with Crippen molar-refractivity contribution in [3.63, 3.8) is 0 Å². The molecule has 0 spiro atoms. The van der Waals surface area contributed by atoms with E-state index >= 15 is 0 Å².